The number of hydrogen-bond acceptors (Lipinski definition) is 4. The van der Waals surface area contributed by atoms with Crippen LogP contribution in [0.1, 0.15) is 31.6 Å². The van der Waals surface area contributed by atoms with E-state index < -0.39 is 6.10 Å². The number of aliphatic hydroxyl groups is 1. The standard InChI is InChI=1S/C15H26FN3O/c1-4-19(10-5-9-18(2)3)11-8-15(20)14-7-6-13(16)12-17-14/h6-7,12,15,20H,4-5,8-11H2,1-3H3. The van der Waals surface area contributed by atoms with E-state index in [0.717, 1.165) is 38.8 Å². The zero-order chi connectivity index (χ0) is 15.0. The van der Waals surface area contributed by atoms with Gasteiger partial charge in [0.1, 0.15) is 5.82 Å². The summed E-state index contributed by atoms with van der Waals surface area (Å²) >= 11 is 0. The topological polar surface area (TPSA) is 39.6 Å². The summed E-state index contributed by atoms with van der Waals surface area (Å²) in [6, 6.07) is 2.88. The minimum Gasteiger partial charge on any atom is -0.387 e. The van der Waals surface area contributed by atoms with Gasteiger partial charge in [-0.2, -0.15) is 0 Å². The summed E-state index contributed by atoms with van der Waals surface area (Å²) < 4.78 is 12.8. The summed E-state index contributed by atoms with van der Waals surface area (Å²) in [5.41, 5.74) is 0.538. The first kappa shape index (κ1) is 17.0. The highest BCUT2D eigenvalue weighted by Crippen LogP contribution is 2.14. The Balaban J connectivity index is 2.33. The van der Waals surface area contributed by atoms with Crippen molar-refractivity contribution in [1.82, 2.24) is 14.8 Å². The number of pyridine rings is 1. The van der Waals surface area contributed by atoms with Gasteiger partial charge < -0.3 is 14.9 Å². The maximum Gasteiger partial charge on any atom is 0.141 e. The third-order valence-electron chi connectivity index (χ3n) is 3.34. The van der Waals surface area contributed by atoms with Crippen LogP contribution in [0.2, 0.25) is 0 Å². The van der Waals surface area contributed by atoms with E-state index in [1.807, 2.05) is 0 Å². The molecule has 0 bridgehead atoms. The van der Waals surface area contributed by atoms with E-state index in [1.165, 1.54) is 6.07 Å². The molecule has 0 aliphatic carbocycles. The molecule has 1 unspecified atom stereocenters. The van der Waals surface area contributed by atoms with E-state index in [1.54, 1.807) is 6.07 Å². The van der Waals surface area contributed by atoms with Crippen molar-refractivity contribution in [3.05, 3.63) is 29.8 Å². The van der Waals surface area contributed by atoms with Gasteiger partial charge in [-0.3, -0.25) is 4.98 Å². The van der Waals surface area contributed by atoms with Crippen LogP contribution in [0.25, 0.3) is 0 Å². The zero-order valence-electron chi connectivity index (χ0n) is 12.7. The van der Waals surface area contributed by atoms with Crippen molar-refractivity contribution in [3.63, 3.8) is 0 Å². The van der Waals surface area contributed by atoms with Gasteiger partial charge in [0.15, 0.2) is 0 Å². The molecule has 5 heteroatoms. The van der Waals surface area contributed by atoms with Crippen molar-refractivity contribution >= 4 is 0 Å². The van der Waals surface area contributed by atoms with Gasteiger partial charge in [-0.25, -0.2) is 4.39 Å². The molecule has 1 heterocycles. The molecule has 0 aromatic carbocycles. The Bertz CT molecular complexity index is 370. The first-order valence-electron chi connectivity index (χ1n) is 7.19. The molecule has 20 heavy (non-hydrogen) atoms. The van der Waals surface area contributed by atoms with Gasteiger partial charge in [0.2, 0.25) is 0 Å². The molecule has 0 amide bonds. The molecule has 0 aliphatic heterocycles. The van der Waals surface area contributed by atoms with E-state index in [-0.39, 0.29) is 5.82 Å². The van der Waals surface area contributed by atoms with Crippen molar-refractivity contribution in [2.75, 3.05) is 40.3 Å². The maximum absolute atomic E-state index is 12.8. The van der Waals surface area contributed by atoms with Crippen molar-refractivity contribution in [1.29, 1.82) is 0 Å². The second kappa shape index (κ2) is 9.00. The smallest absolute Gasteiger partial charge is 0.141 e. The summed E-state index contributed by atoms with van der Waals surface area (Å²) in [5.74, 6) is -0.375. The fourth-order valence-electron chi connectivity index (χ4n) is 2.08. The summed E-state index contributed by atoms with van der Waals surface area (Å²) in [7, 11) is 4.14. The second-order valence-corrected chi connectivity index (χ2v) is 5.30. The average Bonchev–Trinajstić information content (AvgIpc) is 2.42. The molecule has 1 N–H and O–H groups in total. The number of aliphatic hydroxyl groups excluding tert-OH is 1. The van der Waals surface area contributed by atoms with Gasteiger partial charge in [0, 0.05) is 6.54 Å². The fourth-order valence-corrected chi connectivity index (χ4v) is 2.08. The first-order valence-corrected chi connectivity index (χ1v) is 7.19. The van der Waals surface area contributed by atoms with Crippen molar-refractivity contribution in [3.8, 4) is 0 Å². The second-order valence-electron chi connectivity index (χ2n) is 5.30. The lowest BCUT2D eigenvalue weighted by molar-refractivity contribution is 0.138. The summed E-state index contributed by atoms with van der Waals surface area (Å²) in [4.78, 5) is 8.40. The van der Waals surface area contributed by atoms with Crippen LogP contribution < -0.4 is 0 Å². The summed E-state index contributed by atoms with van der Waals surface area (Å²) in [5, 5.41) is 10.0. The highest BCUT2D eigenvalue weighted by molar-refractivity contribution is 5.07. The number of hydrogen-bond donors (Lipinski definition) is 1. The number of nitrogens with zero attached hydrogens (tertiary/aromatic N) is 3. The largest absolute Gasteiger partial charge is 0.387 e. The molecular formula is C15H26FN3O. The Morgan fingerprint density at radius 1 is 1.25 bits per heavy atom. The van der Waals surface area contributed by atoms with Gasteiger partial charge >= 0.3 is 0 Å². The van der Waals surface area contributed by atoms with Crippen LogP contribution >= 0.6 is 0 Å². The monoisotopic (exact) mass is 283 g/mol. The molecule has 114 valence electrons. The summed E-state index contributed by atoms with van der Waals surface area (Å²) in [6.07, 6.45) is 2.26. The predicted molar refractivity (Wildman–Crippen MR) is 79.1 cm³/mol. The maximum atomic E-state index is 12.8. The van der Waals surface area contributed by atoms with E-state index in [0.29, 0.717) is 12.1 Å². The van der Waals surface area contributed by atoms with Crippen LogP contribution in [0.15, 0.2) is 18.3 Å². The van der Waals surface area contributed by atoms with Crippen molar-refractivity contribution < 1.29 is 9.50 Å². The minimum atomic E-state index is -0.626. The van der Waals surface area contributed by atoms with Crippen molar-refractivity contribution in [2.24, 2.45) is 0 Å². The van der Waals surface area contributed by atoms with E-state index in [9.17, 15) is 9.50 Å². The van der Waals surface area contributed by atoms with Gasteiger partial charge in [0.25, 0.3) is 0 Å². The third kappa shape index (κ3) is 6.41. The quantitative estimate of drug-likeness (QED) is 0.751. The van der Waals surface area contributed by atoms with Gasteiger partial charge in [-0.1, -0.05) is 6.92 Å². The molecule has 1 aromatic rings. The molecule has 1 rings (SSSR count). The molecule has 1 atom stereocenters. The Kier molecular flexibility index (Phi) is 7.65. The minimum absolute atomic E-state index is 0.375. The highest BCUT2D eigenvalue weighted by Gasteiger charge is 2.11. The lowest BCUT2D eigenvalue weighted by Crippen LogP contribution is -2.29. The Labute approximate surface area is 121 Å². The molecule has 0 saturated carbocycles. The molecular weight excluding hydrogens is 257 g/mol. The van der Waals surface area contributed by atoms with E-state index >= 15 is 0 Å². The van der Waals surface area contributed by atoms with Gasteiger partial charge in [0.05, 0.1) is 18.0 Å². The van der Waals surface area contributed by atoms with E-state index in [4.69, 9.17) is 0 Å². The number of halogens is 1. The molecule has 1 aromatic heterocycles. The van der Waals surface area contributed by atoms with Crippen LogP contribution in [-0.2, 0) is 0 Å². The SMILES string of the molecule is CCN(CCCN(C)C)CCC(O)c1ccc(F)cn1. The van der Waals surface area contributed by atoms with Crippen LogP contribution in [0.4, 0.5) is 4.39 Å². The molecule has 4 nitrogen and oxygen atoms in total. The molecule has 0 saturated heterocycles. The third-order valence-corrected chi connectivity index (χ3v) is 3.34. The molecule has 0 fully saturated rings. The van der Waals surface area contributed by atoms with Gasteiger partial charge in [-0.05, 0) is 58.7 Å². The zero-order valence-corrected chi connectivity index (χ0v) is 12.7. The molecule has 0 aliphatic rings. The first-order chi connectivity index (χ1) is 9.52. The van der Waals surface area contributed by atoms with Crippen molar-refractivity contribution in [2.45, 2.75) is 25.9 Å². The molecule has 0 radical (unpaired) electrons. The molecule has 0 spiro atoms. The lowest BCUT2D eigenvalue weighted by atomic mass is 10.1. The normalized spacial score (nSPS) is 13.2. The van der Waals surface area contributed by atoms with Crippen LogP contribution in [0.3, 0.4) is 0 Å². The Morgan fingerprint density at radius 3 is 2.55 bits per heavy atom. The lowest BCUT2D eigenvalue weighted by Gasteiger charge is -2.22. The number of rotatable bonds is 9. The fraction of sp³-hybridized carbons (Fsp3) is 0.667. The van der Waals surface area contributed by atoms with Crippen LogP contribution in [0, 0.1) is 5.82 Å². The average molecular weight is 283 g/mol. The van der Waals surface area contributed by atoms with Gasteiger partial charge in [-0.15, -0.1) is 0 Å². The predicted octanol–water partition coefficient (Wildman–Crippen LogP) is 1.92. The Hall–Kier alpha value is -1.04. The Morgan fingerprint density at radius 2 is 2.00 bits per heavy atom. The highest BCUT2D eigenvalue weighted by atomic mass is 19.1. The number of aromatic nitrogens is 1. The van der Waals surface area contributed by atoms with E-state index in [2.05, 4.69) is 35.8 Å². The summed E-state index contributed by atoms with van der Waals surface area (Å²) in [6.45, 7) is 6.01. The van der Waals surface area contributed by atoms with Crippen LogP contribution in [-0.4, -0.2) is 60.2 Å². The van der Waals surface area contributed by atoms with Crippen LogP contribution in [0.5, 0.6) is 0 Å².